The smallest absolute Gasteiger partial charge is 0.277 e. The zero-order chi connectivity index (χ0) is 22.9. The molecule has 1 aromatic heterocycles. The number of ether oxygens (including phenoxy) is 2. The van der Waals surface area contributed by atoms with E-state index >= 15 is 0 Å². The normalized spacial score (nSPS) is 10.7. The van der Waals surface area contributed by atoms with Gasteiger partial charge in [-0.1, -0.05) is 39.7 Å². The summed E-state index contributed by atoms with van der Waals surface area (Å²) in [5.41, 5.74) is 7.47. The molecule has 3 aromatic rings. The number of rotatable bonds is 11. The van der Waals surface area contributed by atoms with Crippen LogP contribution in [0.15, 0.2) is 45.5 Å². The van der Waals surface area contributed by atoms with Crippen LogP contribution in [0.25, 0.3) is 0 Å². The number of nitrogens with one attached hydrogen (secondary N) is 2. The van der Waals surface area contributed by atoms with E-state index in [1.165, 1.54) is 0 Å². The zero-order valence-electron chi connectivity index (χ0n) is 17.4. The Bertz CT molecular complexity index is 1050. The maximum absolute atomic E-state index is 11.9. The molecule has 2 aromatic carbocycles. The lowest BCUT2D eigenvalue weighted by Gasteiger charge is -2.15. The van der Waals surface area contributed by atoms with Crippen molar-refractivity contribution in [2.45, 2.75) is 20.1 Å². The summed E-state index contributed by atoms with van der Waals surface area (Å²) in [5, 5.41) is 13.5. The number of amides is 1. The quantitative estimate of drug-likeness (QED) is 0.325. The van der Waals surface area contributed by atoms with Crippen LogP contribution in [0.4, 0.5) is 5.82 Å². The number of nitrogen functional groups attached to an aromatic ring is 1. The van der Waals surface area contributed by atoms with E-state index in [0.717, 1.165) is 15.6 Å². The summed E-state index contributed by atoms with van der Waals surface area (Å²) in [4.78, 5) is 11.9. The number of nitrogens with zero attached hydrogens (tertiary/aromatic N) is 2. The highest BCUT2D eigenvalue weighted by Gasteiger charge is 2.15. The van der Waals surface area contributed by atoms with Gasteiger partial charge in [-0.2, -0.15) is 0 Å². The van der Waals surface area contributed by atoms with Gasteiger partial charge < -0.3 is 25.8 Å². The Balaban J connectivity index is 1.53. The first-order valence-corrected chi connectivity index (χ1v) is 11.0. The van der Waals surface area contributed by atoms with Crippen molar-refractivity contribution in [1.29, 1.82) is 0 Å². The Morgan fingerprint density at radius 2 is 1.91 bits per heavy atom. The number of nitrogens with two attached hydrogens (primary N) is 1. The molecule has 0 bridgehead atoms. The Morgan fingerprint density at radius 3 is 2.59 bits per heavy atom. The molecular weight excluding hydrogens is 502 g/mol. The van der Waals surface area contributed by atoms with Crippen molar-refractivity contribution in [3.8, 4) is 11.5 Å². The van der Waals surface area contributed by atoms with E-state index in [-0.39, 0.29) is 11.5 Å². The number of benzene rings is 2. The van der Waals surface area contributed by atoms with Crippen LogP contribution >= 0.6 is 27.5 Å². The number of carbonyl (C=O) groups excluding carboxylic acids is 1. The number of aromatic nitrogens is 2. The van der Waals surface area contributed by atoms with Crippen LogP contribution in [0.5, 0.6) is 11.5 Å². The van der Waals surface area contributed by atoms with Crippen molar-refractivity contribution >= 4 is 39.3 Å². The fraction of sp³-hybridized carbons (Fsp3) is 0.286. The molecule has 1 amide bonds. The van der Waals surface area contributed by atoms with Gasteiger partial charge in [0.15, 0.2) is 11.5 Å². The highest BCUT2D eigenvalue weighted by Crippen LogP contribution is 2.34. The summed E-state index contributed by atoms with van der Waals surface area (Å²) in [5.74, 6) is 0.820. The molecule has 0 radical (unpaired) electrons. The van der Waals surface area contributed by atoms with Crippen molar-refractivity contribution in [3.05, 3.63) is 62.7 Å². The second-order valence-electron chi connectivity index (χ2n) is 6.67. The van der Waals surface area contributed by atoms with Gasteiger partial charge in [0.2, 0.25) is 11.5 Å². The van der Waals surface area contributed by atoms with E-state index in [1.807, 2.05) is 43.3 Å². The average molecular weight is 525 g/mol. The van der Waals surface area contributed by atoms with Crippen molar-refractivity contribution in [2.24, 2.45) is 0 Å². The number of halogens is 2. The fourth-order valence-electron chi connectivity index (χ4n) is 2.76. The summed E-state index contributed by atoms with van der Waals surface area (Å²) >= 11 is 9.52. The van der Waals surface area contributed by atoms with E-state index in [2.05, 4.69) is 41.5 Å². The fourth-order valence-corrected chi connectivity index (χ4v) is 3.35. The summed E-state index contributed by atoms with van der Waals surface area (Å²) in [6.07, 6.45) is 0. The minimum atomic E-state index is -0.437. The molecule has 0 atom stereocenters. The van der Waals surface area contributed by atoms with Gasteiger partial charge in [0.25, 0.3) is 5.91 Å². The van der Waals surface area contributed by atoms with E-state index in [9.17, 15) is 4.79 Å². The predicted octanol–water partition coefficient (Wildman–Crippen LogP) is 3.57. The van der Waals surface area contributed by atoms with Crippen LogP contribution in [-0.4, -0.2) is 35.9 Å². The van der Waals surface area contributed by atoms with E-state index in [1.54, 1.807) is 0 Å². The topological polar surface area (TPSA) is 125 Å². The molecule has 170 valence electrons. The molecule has 0 aliphatic carbocycles. The number of anilines is 1. The lowest BCUT2D eigenvalue weighted by molar-refractivity contribution is 0.0944. The molecule has 0 saturated carbocycles. The third-order valence-corrected chi connectivity index (χ3v) is 5.34. The molecule has 0 aliphatic rings. The number of hydrogen-bond donors (Lipinski definition) is 3. The highest BCUT2D eigenvalue weighted by molar-refractivity contribution is 9.10. The summed E-state index contributed by atoms with van der Waals surface area (Å²) < 4.78 is 17.0. The van der Waals surface area contributed by atoms with Gasteiger partial charge in [-0.3, -0.25) is 4.79 Å². The van der Waals surface area contributed by atoms with E-state index < -0.39 is 5.91 Å². The molecule has 3 rings (SSSR count). The second-order valence-corrected chi connectivity index (χ2v) is 7.96. The molecule has 0 saturated heterocycles. The third kappa shape index (κ3) is 6.59. The first-order valence-electron chi connectivity index (χ1n) is 9.87. The van der Waals surface area contributed by atoms with Crippen molar-refractivity contribution in [2.75, 3.05) is 25.4 Å². The molecule has 1 heterocycles. The lowest BCUT2D eigenvalue weighted by Crippen LogP contribution is -2.32. The van der Waals surface area contributed by atoms with Gasteiger partial charge in [-0.05, 0) is 52.6 Å². The van der Waals surface area contributed by atoms with Gasteiger partial charge in [-0.15, -0.1) is 0 Å². The van der Waals surface area contributed by atoms with Crippen LogP contribution in [0.3, 0.4) is 0 Å². The second kappa shape index (κ2) is 11.7. The van der Waals surface area contributed by atoms with Crippen molar-refractivity contribution in [3.63, 3.8) is 0 Å². The Kier molecular flexibility index (Phi) is 8.72. The van der Waals surface area contributed by atoms with Gasteiger partial charge >= 0.3 is 0 Å². The average Bonchev–Trinajstić information content (AvgIpc) is 3.21. The van der Waals surface area contributed by atoms with E-state index in [0.29, 0.717) is 49.4 Å². The van der Waals surface area contributed by atoms with Crippen LogP contribution in [0.2, 0.25) is 5.02 Å². The molecule has 0 spiro atoms. The minimum Gasteiger partial charge on any atom is -0.490 e. The highest BCUT2D eigenvalue weighted by atomic mass is 79.9. The molecular formula is C21H23BrClN5O4. The molecule has 0 unspecified atom stereocenters. The first kappa shape index (κ1) is 23.8. The molecule has 9 nitrogen and oxygen atoms in total. The minimum absolute atomic E-state index is 0.0247. The lowest BCUT2D eigenvalue weighted by atomic mass is 10.2. The van der Waals surface area contributed by atoms with Gasteiger partial charge in [0.1, 0.15) is 6.61 Å². The predicted molar refractivity (Wildman–Crippen MR) is 124 cm³/mol. The largest absolute Gasteiger partial charge is 0.490 e. The molecule has 0 aliphatic heterocycles. The maximum Gasteiger partial charge on any atom is 0.277 e. The van der Waals surface area contributed by atoms with Gasteiger partial charge in [-0.25, -0.2) is 4.63 Å². The van der Waals surface area contributed by atoms with E-state index in [4.69, 9.17) is 26.8 Å². The molecule has 0 fully saturated rings. The van der Waals surface area contributed by atoms with Gasteiger partial charge in [0.05, 0.1) is 6.61 Å². The van der Waals surface area contributed by atoms with Crippen LogP contribution < -0.4 is 25.8 Å². The Morgan fingerprint density at radius 1 is 1.16 bits per heavy atom. The monoisotopic (exact) mass is 523 g/mol. The van der Waals surface area contributed by atoms with Crippen molar-refractivity contribution < 1.29 is 18.9 Å². The SMILES string of the molecule is CCOc1cc(CNCCNC(=O)c2nonc2N)c(Br)cc1OCc1ccc(Cl)cc1. The Hall–Kier alpha value is -2.82. The number of carbonyl (C=O) groups is 1. The number of hydrogen-bond acceptors (Lipinski definition) is 8. The molecule has 32 heavy (non-hydrogen) atoms. The third-order valence-electron chi connectivity index (χ3n) is 4.35. The summed E-state index contributed by atoms with van der Waals surface area (Å²) in [6.45, 7) is 4.29. The standard InChI is InChI=1S/C21H23BrClN5O4/c1-2-30-17-9-14(11-25-7-8-26-21(29)19-20(24)28-32-27-19)16(22)10-18(17)31-12-13-3-5-15(23)6-4-13/h3-6,9-10,25H,2,7-8,11-12H2,1H3,(H2,24,28)(H,26,29). The van der Waals surface area contributed by atoms with Crippen LogP contribution in [0.1, 0.15) is 28.5 Å². The zero-order valence-corrected chi connectivity index (χ0v) is 19.7. The molecule has 11 heteroatoms. The first-order chi connectivity index (χ1) is 15.5. The van der Waals surface area contributed by atoms with Crippen LogP contribution in [0, 0.1) is 0 Å². The Labute approximate surface area is 198 Å². The summed E-state index contributed by atoms with van der Waals surface area (Å²) in [6, 6.07) is 11.3. The maximum atomic E-state index is 11.9. The van der Waals surface area contributed by atoms with Gasteiger partial charge in [0, 0.05) is 29.1 Å². The summed E-state index contributed by atoms with van der Waals surface area (Å²) in [7, 11) is 0. The molecule has 4 N–H and O–H groups in total. The van der Waals surface area contributed by atoms with Crippen molar-refractivity contribution in [1.82, 2.24) is 20.9 Å². The van der Waals surface area contributed by atoms with Crippen LogP contribution in [-0.2, 0) is 13.2 Å².